The summed E-state index contributed by atoms with van der Waals surface area (Å²) in [5, 5.41) is 3.60. The van der Waals surface area contributed by atoms with Gasteiger partial charge in [-0.25, -0.2) is 0 Å². The monoisotopic (exact) mass is 269 g/mol. The Kier molecular flexibility index (Phi) is 6.78. The van der Waals surface area contributed by atoms with Gasteiger partial charge in [0.05, 0.1) is 0 Å². The predicted octanol–water partition coefficient (Wildman–Crippen LogP) is 2.28. The Hall–Kier alpha value is -0.120. The van der Waals surface area contributed by atoms with Crippen molar-refractivity contribution in [1.82, 2.24) is 15.1 Å². The van der Waals surface area contributed by atoms with Crippen LogP contribution in [-0.4, -0.2) is 61.7 Å². The summed E-state index contributed by atoms with van der Waals surface area (Å²) in [6.07, 6.45) is 0. The standard InChI is InChI=1S/C16H35N3/c1-14(2)11-17-12-16(5,6)13-18-7-9-19(10-8-18)15(3)4/h14-15,17H,7-13H2,1-6H3. The molecule has 0 atom stereocenters. The second-order valence-corrected chi connectivity index (χ2v) is 7.59. The van der Waals surface area contributed by atoms with Gasteiger partial charge in [0.25, 0.3) is 0 Å². The van der Waals surface area contributed by atoms with Crippen molar-refractivity contribution in [2.24, 2.45) is 11.3 Å². The fraction of sp³-hybridized carbons (Fsp3) is 1.00. The second kappa shape index (κ2) is 7.61. The van der Waals surface area contributed by atoms with Gasteiger partial charge >= 0.3 is 0 Å². The van der Waals surface area contributed by atoms with E-state index in [2.05, 4.69) is 56.7 Å². The van der Waals surface area contributed by atoms with Gasteiger partial charge in [0.15, 0.2) is 0 Å². The highest BCUT2D eigenvalue weighted by Gasteiger charge is 2.25. The zero-order valence-corrected chi connectivity index (χ0v) is 14.0. The van der Waals surface area contributed by atoms with Crippen LogP contribution in [0.1, 0.15) is 41.5 Å². The SMILES string of the molecule is CC(C)CNCC(C)(C)CN1CCN(C(C)C)CC1. The lowest BCUT2D eigenvalue weighted by molar-refractivity contribution is 0.0800. The van der Waals surface area contributed by atoms with E-state index in [4.69, 9.17) is 0 Å². The topological polar surface area (TPSA) is 18.5 Å². The summed E-state index contributed by atoms with van der Waals surface area (Å²) in [6, 6.07) is 0.697. The van der Waals surface area contributed by atoms with Gasteiger partial charge in [0.1, 0.15) is 0 Å². The van der Waals surface area contributed by atoms with Crippen molar-refractivity contribution >= 4 is 0 Å². The molecule has 0 unspecified atom stereocenters. The highest BCUT2D eigenvalue weighted by Crippen LogP contribution is 2.17. The summed E-state index contributed by atoms with van der Waals surface area (Å²) < 4.78 is 0. The summed E-state index contributed by atoms with van der Waals surface area (Å²) >= 11 is 0. The predicted molar refractivity (Wildman–Crippen MR) is 84.6 cm³/mol. The Morgan fingerprint density at radius 2 is 1.58 bits per heavy atom. The van der Waals surface area contributed by atoms with Crippen molar-refractivity contribution in [3.05, 3.63) is 0 Å². The molecular weight excluding hydrogens is 234 g/mol. The van der Waals surface area contributed by atoms with Gasteiger partial charge in [-0.05, 0) is 31.7 Å². The maximum atomic E-state index is 3.60. The highest BCUT2D eigenvalue weighted by atomic mass is 15.3. The van der Waals surface area contributed by atoms with Crippen molar-refractivity contribution in [2.45, 2.75) is 47.6 Å². The zero-order chi connectivity index (χ0) is 14.5. The van der Waals surface area contributed by atoms with E-state index in [1.165, 1.54) is 32.7 Å². The molecule has 1 aliphatic rings. The second-order valence-electron chi connectivity index (χ2n) is 7.59. The summed E-state index contributed by atoms with van der Waals surface area (Å²) in [4.78, 5) is 5.22. The van der Waals surface area contributed by atoms with Crippen LogP contribution in [0, 0.1) is 11.3 Å². The van der Waals surface area contributed by atoms with Crippen LogP contribution in [0.3, 0.4) is 0 Å². The Labute approximate surface area is 120 Å². The maximum Gasteiger partial charge on any atom is 0.0113 e. The summed E-state index contributed by atoms with van der Waals surface area (Å²) in [6.45, 7) is 22.3. The Morgan fingerprint density at radius 3 is 2.05 bits per heavy atom. The minimum Gasteiger partial charge on any atom is -0.316 e. The van der Waals surface area contributed by atoms with Crippen molar-refractivity contribution in [2.75, 3.05) is 45.8 Å². The third-order valence-corrected chi connectivity index (χ3v) is 3.94. The zero-order valence-electron chi connectivity index (χ0n) is 14.0. The minimum absolute atomic E-state index is 0.370. The Bertz CT molecular complexity index is 240. The van der Waals surface area contributed by atoms with Crippen molar-refractivity contribution in [1.29, 1.82) is 0 Å². The van der Waals surface area contributed by atoms with Crippen LogP contribution in [0.2, 0.25) is 0 Å². The lowest BCUT2D eigenvalue weighted by Crippen LogP contribution is -2.52. The first-order valence-corrected chi connectivity index (χ1v) is 7.97. The average molecular weight is 269 g/mol. The van der Waals surface area contributed by atoms with Crippen LogP contribution in [0.15, 0.2) is 0 Å². The van der Waals surface area contributed by atoms with Crippen molar-refractivity contribution in [3.63, 3.8) is 0 Å². The Morgan fingerprint density at radius 1 is 1.00 bits per heavy atom. The molecule has 114 valence electrons. The smallest absolute Gasteiger partial charge is 0.0113 e. The van der Waals surface area contributed by atoms with E-state index in [0.717, 1.165) is 19.0 Å². The van der Waals surface area contributed by atoms with Crippen LogP contribution in [0.4, 0.5) is 0 Å². The molecular formula is C16H35N3. The van der Waals surface area contributed by atoms with E-state index in [1.54, 1.807) is 0 Å². The van der Waals surface area contributed by atoms with Gasteiger partial charge in [-0.2, -0.15) is 0 Å². The number of nitrogens with zero attached hydrogens (tertiary/aromatic N) is 2. The third-order valence-electron chi connectivity index (χ3n) is 3.94. The molecule has 3 nitrogen and oxygen atoms in total. The number of rotatable bonds is 7. The van der Waals surface area contributed by atoms with Gasteiger partial charge in [-0.3, -0.25) is 4.90 Å². The average Bonchev–Trinajstić information content (AvgIpc) is 2.28. The number of hydrogen-bond donors (Lipinski definition) is 1. The van der Waals surface area contributed by atoms with Gasteiger partial charge < -0.3 is 10.2 Å². The molecule has 1 saturated heterocycles. The van der Waals surface area contributed by atoms with Crippen LogP contribution in [0.25, 0.3) is 0 Å². The van der Waals surface area contributed by atoms with Gasteiger partial charge in [-0.1, -0.05) is 27.7 Å². The molecule has 0 aliphatic carbocycles. The molecule has 0 radical (unpaired) electrons. The lowest BCUT2D eigenvalue weighted by Gasteiger charge is -2.40. The summed E-state index contributed by atoms with van der Waals surface area (Å²) in [5.41, 5.74) is 0.370. The molecule has 0 aromatic heterocycles. The highest BCUT2D eigenvalue weighted by molar-refractivity contribution is 4.81. The van der Waals surface area contributed by atoms with Gasteiger partial charge in [0.2, 0.25) is 0 Å². The van der Waals surface area contributed by atoms with Crippen LogP contribution in [-0.2, 0) is 0 Å². The van der Waals surface area contributed by atoms with Crippen LogP contribution >= 0.6 is 0 Å². The molecule has 1 N–H and O–H groups in total. The largest absolute Gasteiger partial charge is 0.316 e. The van der Waals surface area contributed by atoms with Crippen molar-refractivity contribution < 1.29 is 0 Å². The fourth-order valence-corrected chi connectivity index (χ4v) is 2.80. The molecule has 0 aromatic carbocycles. The van der Waals surface area contributed by atoms with E-state index in [9.17, 15) is 0 Å². The maximum absolute atomic E-state index is 3.60. The number of nitrogens with one attached hydrogen (secondary N) is 1. The number of hydrogen-bond acceptors (Lipinski definition) is 3. The normalized spacial score (nSPS) is 19.6. The van der Waals surface area contributed by atoms with E-state index in [-0.39, 0.29) is 0 Å². The molecule has 1 aliphatic heterocycles. The molecule has 0 spiro atoms. The van der Waals surface area contributed by atoms with Crippen LogP contribution in [0.5, 0.6) is 0 Å². The molecule has 0 amide bonds. The van der Waals surface area contributed by atoms with E-state index in [0.29, 0.717) is 11.5 Å². The van der Waals surface area contributed by atoms with E-state index in [1.807, 2.05) is 0 Å². The van der Waals surface area contributed by atoms with Gasteiger partial charge in [0, 0.05) is 45.3 Å². The third kappa shape index (κ3) is 6.73. The quantitative estimate of drug-likeness (QED) is 0.765. The molecule has 0 aromatic rings. The minimum atomic E-state index is 0.370. The summed E-state index contributed by atoms with van der Waals surface area (Å²) in [7, 11) is 0. The molecule has 1 fully saturated rings. The molecule has 3 heteroatoms. The van der Waals surface area contributed by atoms with Gasteiger partial charge in [-0.15, -0.1) is 0 Å². The van der Waals surface area contributed by atoms with Crippen molar-refractivity contribution in [3.8, 4) is 0 Å². The number of piperazine rings is 1. The Balaban J connectivity index is 2.26. The summed E-state index contributed by atoms with van der Waals surface area (Å²) in [5.74, 6) is 0.741. The first-order valence-electron chi connectivity index (χ1n) is 7.97. The first-order chi connectivity index (χ1) is 8.80. The lowest BCUT2D eigenvalue weighted by atomic mass is 9.92. The fourth-order valence-electron chi connectivity index (χ4n) is 2.80. The molecule has 0 saturated carbocycles. The van der Waals surface area contributed by atoms with Crippen LogP contribution < -0.4 is 5.32 Å². The molecule has 1 heterocycles. The molecule has 1 rings (SSSR count). The molecule has 0 bridgehead atoms. The first kappa shape index (κ1) is 16.9. The molecule has 19 heavy (non-hydrogen) atoms. The van der Waals surface area contributed by atoms with E-state index < -0.39 is 0 Å². The van der Waals surface area contributed by atoms with E-state index >= 15 is 0 Å².